The fourth-order valence-corrected chi connectivity index (χ4v) is 3.69. The van der Waals surface area contributed by atoms with Crippen molar-refractivity contribution in [1.29, 1.82) is 0 Å². The molecule has 168 valence electrons. The normalized spacial score (nSPS) is 14.7. The highest BCUT2D eigenvalue weighted by Gasteiger charge is 2.33. The summed E-state index contributed by atoms with van der Waals surface area (Å²) in [4.78, 5) is 24.3. The van der Waals surface area contributed by atoms with Crippen LogP contribution in [0.15, 0.2) is 48.5 Å². The molecule has 0 radical (unpaired) electrons. The third-order valence-corrected chi connectivity index (χ3v) is 5.43. The van der Waals surface area contributed by atoms with Crippen LogP contribution >= 0.6 is 0 Å². The zero-order chi connectivity index (χ0) is 23.0. The number of amides is 2. The van der Waals surface area contributed by atoms with Crippen molar-refractivity contribution in [1.82, 2.24) is 4.90 Å². The van der Waals surface area contributed by atoms with Crippen LogP contribution in [-0.4, -0.2) is 36.7 Å². The molecule has 1 heterocycles. The van der Waals surface area contributed by atoms with Gasteiger partial charge in [-0.25, -0.2) is 0 Å². The topological polar surface area (TPSA) is 55.8 Å². The van der Waals surface area contributed by atoms with Crippen molar-refractivity contribution >= 4 is 11.8 Å². The summed E-state index contributed by atoms with van der Waals surface area (Å²) in [6.45, 7) is 10.9. The zero-order valence-electron chi connectivity index (χ0n) is 19.6. The largest absolute Gasteiger partial charge is 0.465 e. The average Bonchev–Trinajstić information content (AvgIpc) is 3.02. The van der Waals surface area contributed by atoms with E-state index in [1.807, 2.05) is 19.1 Å². The standard InChI is InChI=1S/C16H26O2.C10H9NO2/c1-6-14(11-12(2)3)15-7-9-16(10-8-15)18-13(4)17-5;1-2-11-9(12)7-5-3-4-6-8(7)10(11)13/h7-10,12-14H,6,11H2,1-5H3;3-6H,2H2,1H3. The minimum absolute atomic E-state index is 0.178. The lowest BCUT2D eigenvalue weighted by atomic mass is 9.88. The number of fused-ring (bicyclic) bond motifs is 1. The Balaban J connectivity index is 0.000000231. The van der Waals surface area contributed by atoms with Gasteiger partial charge in [-0.15, -0.1) is 0 Å². The van der Waals surface area contributed by atoms with Crippen LogP contribution in [0.4, 0.5) is 0 Å². The molecule has 0 bridgehead atoms. The van der Waals surface area contributed by atoms with E-state index in [4.69, 9.17) is 9.47 Å². The van der Waals surface area contributed by atoms with Gasteiger partial charge in [0.2, 0.25) is 0 Å². The van der Waals surface area contributed by atoms with Gasteiger partial charge in [-0.2, -0.15) is 0 Å². The Morgan fingerprint density at radius 1 is 0.871 bits per heavy atom. The second kappa shape index (κ2) is 11.7. The van der Waals surface area contributed by atoms with E-state index >= 15 is 0 Å². The number of methoxy groups -OCH3 is 1. The number of rotatable bonds is 8. The number of imide groups is 1. The molecule has 0 N–H and O–H groups in total. The van der Waals surface area contributed by atoms with Gasteiger partial charge in [0.05, 0.1) is 11.1 Å². The van der Waals surface area contributed by atoms with E-state index in [2.05, 4.69) is 32.9 Å². The van der Waals surface area contributed by atoms with Crippen molar-refractivity contribution < 1.29 is 19.1 Å². The summed E-state index contributed by atoms with van der Waals surface area (Å²) in [5.41, 5.74) is 2.45. The third kappa shape index (κ3) is 6.41. The molecule has 3 rings (SSSR count). The van der Waals surface area contributed by atoms with E-state index in [1.54, 1.807) is 38.3 Å². The maximum absolute atomic E-state index is 11.5. The molecule has 2 atom stereocenters. The van der Waals surface area contributed by atoms with Gasteiger partial charge in [0.15, 0.2) is 6.29 Å². The van der Waals surface area contributed by atoms with Crippen LogP contribution in [0.3, 0.4) is 0 Å². The van der Waals surface area contributed by atoms with Crippen LogP contribution in [0.25, 0.3) is 0 Å². The van der Waals surface area contributed by atoms with Crippen LogP contribution in [0.2, 0.25) is 0 Å². The Morgan fingerprint density at radius 2 is 1.42 bits per heavy atom. The number of hydrogen-bond donors (Lipinski definition) is 0. The van der Waals surface area contributed by atoms with Gasteiger partial charge in [-0.1, -0.05) is 45.0 Å². The molecule has 0 spiro atoms. The van der Waals surface area contributed by atoms with Crippen LogP contribution in [0, 0.1) is 5.92 Å². The molecule has 0 fully saturated rings. The van der Waals surface area contributed by atoms with E-state index in [9.17, 15) is 9.59 Å². The molecular weight excluding hydrogens is 390 g/mol. The van der Waals surface area contributed by atoms with Crippen LogP contribution in [-0.2, 0) is 4.74 Å². The molecular formula is C26H35NO4. The lowest BCUT2D eigenvalue weighted by Crippen LogP contribution is -2.29. The Bertz CT molecular complexity index is 825. The van der Waals surface area contributed by atoms with Gasteiger partial charge >= 0.3 is 0 Å². The number of hydrogen-bond acceptors (Lipinski definition) is 4. The second-order valence-electron chi connectivity index (χ2n) is 8.13. The second-order valence-corrected chi connectivity index (χ2v) is 8.13. The Morgan fingerprint density at radius 3 is 1.84 bits per heavy atom. The minimum atomic E-state index is -0.200. The summed E-state index contributed by atoms with van der Waals surface area (Å²) in [6, 6.07) is 15.3. The zero-order valence-corrected chi connectivity index (χ0v) is 19.6. The molecule has 1 aliphatic heterocycles. The predicted octanol–water partition coefficient (Wildman–Crippen LogP) is 5.90. The molecule has 2 amide bonds. The molecule has 5 nitrogen and oxygen atoms in total. The van der Waals surface area contributed by atoms with Crippen molar-refractivity contribution in [3.05, 3.63) is 65.2 Å². The first-order chi connectivity index (χ1) is 14.8. The van der Waals surface area contributed by atoms with Crippen molar-refractivity contribution in [2.75, 3.05) is 13.7 Å². The fourth-order valence-electron chi connectivity index (χ4n) is 3.69. The highest BCUT2D eigenvalue weighted by molar-refractivity contribution is 6.21. The SMILES string of the molecule is CCC(CC(C)C)c1ccc(OC(C)OC)cc1.CCN1C(=O)c2ccccc2C1=O. The average molecular weight is 426 g/mol. The Hall–Kier alpha value is -2.66. The van der Waals surface area contributed by atoms with Crippen LogP contribution in [0.5, 0.6) is 5.75 Å². The summed E-state index contributed by atoms with van der Waals surface area (Å²) in [5, 5.41) is 0. The molecule has 1 aliphatic rings. The fraction of sp³-hybridized carbons (Fsp3) is 0.462. The van der Waals surface area contributed by atoms with E-state index in [1.165, 1.54) is 23.3 Å². The number of benzene rings is 2. The van der Waals surface area contributed by atoms with Crippen molar-refractivity contribution in [2.24, 2.45) is 5.92 Å². The van der Waals surface area contributed by atoms with Gasteiger partial charge in [0.1, 0.15) is 5.75 Å². The predicted molar refractivity (Wildman–Crippen MR) is 124 cm³/mol. The molecule has 0 saturated heterocycles. The first kappa shape index (κ1) is 24.6. The molecule has 5 heteroatoms. The summed E-state index contributed by atoms with van der Waals surface area (Å²) in [7, 11) is 1.65. The Kier molecular flexibility index (Phi) is 9.25. The lowest BCUT2D eigenvalue weighted by molar-refractivity contribution is -0.0382. The summed E-state index contributed by atoms with van der Waals surface area (Å²) in [5.74, 6) is 1.90. The summed E-state index contributed by atoms with van der Waals surface area (Å²) >= 11 is 0. The Labute approximate surface area is 186 Å². The van der Waals surface area contributed by atoms with Crippen LogP contribution < -0.4 is 4.74 Å². The molecule has 0 saturated carbocycles. The number of carbonyl (C=O) groups is 2. The third-order valence-electron chi connectivity index (χ3n) is 5.43. The monoisotopic (exact) mass is 425 g/mol. The van der Waals surface area contributed by atoms with E-state index in [0.29, 0.717) is 23.6 Å². The number of carbonyl (C=O) groups excluding carboxylic acids is 2. The summed E-state index contributed by atoms with van der Waals surface area (Å²) < 4.78 is 10.7. The molecule has 31 heavy (non-hydrogen) atoms. The number of nitrogens with zero attached hydrogens (tertiary/aromatic N) is 1. The molecule has 2 unspecified atom stereocenters. The molecule has 0 aliphatic carbocycles. The number of ether oxygens (including phenoxy) is 2. The van der Waals surface area contributed by atoms with Gasteiger partial charge < -0.3 is 9.47 Å². The molecule has 0 aromatic heterocycles. The molecule has 2 aromatic carbocycles. The quantitative estimate of drug-likeness (QED) is 0.390. The van der Waals surface area contributed by atoms with Crippen molar-refractivity contribution in [3.63, 3.8) is 0 Å². The van der Waals surface area contributed by atoms with E-state index < -0.39 is 0 Å². The van der Waals surface area contributed by atoms with Crippen LogP contribution in [0.1, 0.15) is 79.7 Å². The van der Waals surface area contributed by atoms with Gasteiger partial charge in [-0.3, -0.25) is 14.5 Å². The van der Waals surface area contributed by atoms with Crippen molar-refractivity contribution in [3.8, 4) is 5.75 Å². The highest BCUT2D eigenvalue weighted by atomic mass is 16.7. The first-order valence-corrected chi connectivity index (χ1v) is 11.1. The lowest BCUT2D eigenvalue weighted by Gasteiger charge is -2.18. The minimum Gasteiger partial charge on any atom is -0.465 e. The highest BCUT2D eigenvalue weighted by Crippen LogP contribution is 2.28. The van der Waals surface area contributed by atoms with Gasteiger partial charge in [0.25, 0.3) is 11.8 Å². The maximum Gasteiger partial charge on any atom is 0.261 e. The summed E-state index contributed by atoms with van der Waals surface area (Å²) in [6.07, 6.45) is 2.23. The molecule has 2 aromatic rings. The smallest absolute Gasteiger partial charge is 0.261 e. The van der Waals surface area contributed by atoms with Crippen molar-refractivity contribution in [2.45, 2.75) is 59.7 Å². The van der Waals surface area contributed by atoms with Gasteiger partial charge in [0, 0.05) is 13.7 Å². The van der Waals surface area contributed by atoms with Gasteiger partial charge in [-0.05, 0) is 68.4 Å². The first-order valence-electron chi connectivity index (χ1n) is 11.1. The maximum atomic E-state index is 11.5. The van der Waals surface area contributed by atoms with E-state index in [-0.39, 0.29) is 18.1 Å². The van der Waals surface area contributed by atoms with E-state index in [0.717, 1.165) is 11.7 Å².